The Morgan fingerprint density at radius 1 is 1.37 bits per heavy atom. The summed E-state index contributed by atoms with van der Waals surface area (Å²) in [4.78, 5) is 3.81. The normalized spacial score (nSPS) is 21.3. The lowest BCUT2D eigenvalue weighted by molar-refractivity contribution is 0.575. The SMILES string of the molecule is CCNc1nc(NC2CCS(=O)(=O)C2)c(F)cc1F. The summed E-state index contributed by atoms with van der Waals surface area (Å²) in [6.07, 6.45) is 0.400. The van der Waals surface area contributed by atoms with Crippen LogP contribution in [0.4, 0.5) is 20.4 Å². The van der Waals surface area contributed by atoms with Crippen LogP contribution in [0.5, 0.6) is 0 Å². The van der Waals surface area contributed by atoms with E-state index < -0.39 is 21.5 Å². The predicted octanol–water partition coefficient (Wildman–Crippen LogP) is 1.39. The second-order valence-corrected chi connectivity index (χ2v) is 6.65. The number of sulfone groups is 1. The lowest BCUT2D eigenvalue weighted by Crippen LogP contribution is -2.22. The Balaban J connectivity index is 2.18. The van der Waals surface area contributed by atoms with Gasteiger partial charge in [-0.25, -0.2) is 22.2 Å². The molecule has 1 fully saturated rings. The minimum Gasteiger partial charge on any atom is -0.368 e. The van der Waals surface area contributed by atoms with Crippen LogP contribution in [0.25, 0.3) is 0 Å². The molecule has 0 spiro atoms. The van der Waals surface area contributed by atoms with Gasteiger partial charge in [-0.3, -0.25) is 0 Å². The zero-order valence-corrected chi connectivity index (χ0v) is 11.2. The van der Waals surface area contributed by atoms with Crippen LogP contribution < -0.4 is 10.6 Å². The van der Waals surface area contributed by atoms with Crippen molar-refractivity contribution in [3.8, 4) is 0 Å². The molecule has 0 aliphatic carbocycles. The molecule has 2 rings (SSSR count). The van der Waals surface area contributed by atoms with Gasteiger partial charge in [-0.1, -0.05) is 0 Å². The summed E-state index contributed by atoms with van der Waals surface area (Å²) in [6, 6.07) is 0.350. The zero-order valence-electron chi connectivity index (χ0n) is 10.4. The quantitative estimate of drug-likeness (QED) is 0.877. The van der Waals surface area contributed by atoms with Crippen LogP contribution in [0.3, 0.4) is 0 Å². The third-order valence-electron chi connectivity index (χ3n) is 2.85. The third-order valence-corrected chi connectivity index (χ3v) is 4.61. The number of nitrogens with one attached hydrogen (secondary N) is 2. The molecule has 0 saturated carbocycles. The van der Waals surface area contributed by atoms with Crippen molar-refractivity contribution in [2.75, 3.05) is 28.7 Å². The van der Waals surface area contributed by atoms with Crippen molar-refractivity contribution in [1.82, 2.24) is 4.98 Å². The van der Waals surface area contributed by atoms with Gasteiger partial charge in [0, 0.05) is 18.7 Å². The molecule has 5 nitrogen and oxygen atoms in total. The molecule has 1 aromatic heterocycles. The third kappa shape index (κ3) is 3.31. The second-order valence-electron chi connectivity index (χ2n) is 4.42. The Bertz CT molecular complexity index is 578. The minimum absolute atomic E-state index is 0.0488. The van der Waals surface area contributed by atoms with Crippen molar-refractivity contribution in [2.45, 2.75) is 19.4 Å². The number of aromatic nitrogens is 1. The molecule has 1 saturated heterocycles. The van der Waals surface area contributed by atoms with Crippen LogP contribution in [0.1, 0.15) is 13.3 Å². The van der Waals surface area contributed by atoms with Gasteiger partial charge < -0.3 is 10.6 Å². The largest absolute Gasteiger partial charge is 0.368 e. The fraction of sp³-hybridized carbons (Fsp3) is 0.545. The molecule has 19 heavy (non-hydrogen) atoms. The Morgan fingerprint density at radius 3 is 2.63 bits per heavy atom. The molecular formula is C11H15F2N3O2S. The van der Waals surface area contributed by atoms with Crippen LogP contribution >= 0.6 is 0 Å². The Morgan fingerprint density at radius 2 is 2.05 bits per heavy atom. The minimum atomic E-state index is -3.06. The van der Waals surface area contributed by atoms with Gasteiger partial charge in [0.15, 0.2) is 33.1 Å². The first-order valence-electron chi connectivity index (χ1n) is 5.98. The summed E-state index contributed by atoms with van der Waals surface area (Å²) >= 11 is 0. The van der Waals surface area contributed by atoms with E-state index in [-0.39, 0.29) is 29.2 Å². The summed E-state index contributed by atoms with van der Waals surface area (Å²) in [5.41, 5.74) is 0. The van der Waals surface area contributed by atoms with E-state index in [9.17, 15) is 17.2 Å². The van der Waals surface area contributed by atoms with E-state index >= 15 is 0 Å². The number of hydrogen-bond donors (Lipinski definition) is 2. The van der Waals surface area contributed by atoms with Gasteiger partial charge in [0.2, 0.25) is 0 Å². The van der Waals surface area contributed by atoms with E-state index in [1.807, 2.05) is 0 Å². The van der Waals surface area contributed by atoms with Crippen molar-refractivity contribution in [1.29, 1.82) is 0 Å². The predicted molar refractivity (Wildman–Crippen MR) is 69.0 cm³/mol. The lowest BCUT2D eigenvalue weighted by atomic mass is 10.2. The Kier molecular flexibility index (Phi) is 3.88. The number of halogens is 2. The maximum Gasteiger partial charge on any atom is 0.168 e. The highest BCUT2D eigenvalue weighted by Crippen LogP contribution is 2.22. The molecule has 0 radical (unpaired) electrons. The molecule has 0 aromatic carbocycles. The van der Waals surface area contributed by atoms with Gasteiger partial charge in [-0.05, 0) is 13.3 Å². The average Bonchev–Trinajstić information content (AvgIpc) is 2.65. The van der Waals surface area contributed by atoms with E-state index in [1.165, 1.54) is 0 Å². The van der Waals surface area contributed by atoms with E-state index in [0.717, 1.165) is 6.07 Å². The molecular weight excluding hydrogens is 276 g/mol. The number of nitrogens with zero attached hydrogens (tertiary/aromatic N) is 1. The van der Waals surface area contributed by atoms with Crippen molar-refractivity contribution in [3.63, 3.8) is 0 Å². The smallest absolute Gasteiger partial charge is 0.168 e. The molecule has 8 heteroatoms. The maximum absolute atomic E-state index is 13.6. The fourth-order valence-electron chi connectivity index (χ4n) is 1.96. The first-order valence-corrected chi connectivity index (χ1v) is 7.80. The van der Waals surface area contributed by atoms with Gasteiger partial charge in [0.05, 0.1) is 11.5 Å². The average molecular weight is 291 g/mol. The molecule has 2 heterocycles. The van der Waals surface area contributed by atoms with Gasteiger partial charge >= 0.3 is 0 Å². The van der Waals surface area contributed by atoms with E-state index in [4.69, 9.17) is 0 Å². The molecule has 1 atom stereocenters. The molecule has 2 N–H and O–H groups in total. The van der Waals surface area contributed by atoms with Crippen molar-refractivity contribution in [2.24, 2.45) is 0 Å². The number of hydrogen-bond acceptors (Lipinski definition) is 5. The van der Waals surface area contributed by atoms with Gasteiger partial charge in [0.1, 0.15) is 0 Å². The summed E-state index contributed by atoms with van der Waals surface area (Å²) in [5, 5.41) is 5.39. The highest BCUT2D eigenvalue weighted by Gasteiger charge is 2.28. The molecule has 1 aliphatic heterocycles. The fourth-order valence-corrected chi connectivity index (χ4v) is 3.63. The second kappa shape index (κ2) is 5.28. The molecule has 0 amide bonds. The summed E-state index contributed by atoms with van der Waals surface area (Å²) < 4.78 is 49.6. The number of pyridine rings is 1. The zero-order chi connectivity index (χ0) is 14.0. The number of rotatable bonds is 4. The van der Waals surface area contributed by atoms with Gasteiger partial charge in [-0.2, -0.15) is 0 Å². The maximum atomic E-state index is 13.6. The molecule has 1 aromatic rings. The first kappa shape index (κ1) is 14.0. The first-order chi connectivity index (χ1) is 8.91. The van der Waals surface area contributed by atoms with Crippen LogP contribution in [0, 0.1) is 11.6 Å². The molecule has 1 unspecified atom stereocenters. The summed E-state index contributed by atoms with van der Waals surface area (Å²) in [6.45, 7) is 2.22. The van der Waals surface area contributed by atoms with E-state index in [2.05, 4.69) is 15.6 Å². The van der Waals surface area contributed by atoms with Crippen LogP contribution in [-0.2, 0) is 9.84 Å². The van der Waals surface area contributed by atoms with Crippen molar-refractivity contribution in [3.05, 3.63) is 17.7 Å². The van der Waals surface area contributed by atoms with Gasteiger partial charge in [-0.15, -0.1) is 0 Å². The van der Waals surface area contributed by atoms with Crippen LogP contribution in [-0.4, -0.2) is 37.5 Å². The molecule has 106 valence electrons. The monoisotopic (exact) mass is 291 g/mol. The number of anilines is 2. The van der Waals surface area contributed by atoms with Crippen LogP contribution in [0.15, 0.2) is 6.07 Å². The Labute approximate surface area is 110 Å². The topological polar surface area (TPSA) is 71.1 Å². The van der Waals surface area contributed by atoms with Crippen molar-refractivity contribution < 1.29 is 17.2 Å². The summed E-state index contributed by atoms with van der Waals surface area (Å²) in [7, 11) is -3.06. The van der Waals surface area contributed by atoms with Crippen molar-refractivity contribution >= 4 is 21.5 Å². The standard InChI is InChI=1S/C11H15F2N3O2S/c1-2-14-10-8(12)5-9(13)11(16-10)15-7-3-4-19(17,18)6-7/h5,7H,2-4,6H2,1H3,(H2,14,15,16). The van der Waals surface area contributed by atoms with E-state index in [1.54, 1.807) is 6.92 Å². The van der Waals surface area contributed by atoms with E-state index in [0.29, 0.717) is 13.0 Å². The summed E-state index contributed by atoms with van der Waals surface area (Å²) in [5.74, 6) is -1.76. The van der Waals surface area contributed by atoms with Crippen LogP contribution in [0.2, 0.25) is 0 Å². The highest BCUT2D eigenvalue weighted by atomic mass is 32.2. The lowest BCUT2D eigenvalue weighted by Gasteiger charge is -2.14. The molecule has 0 bridgehead atoms. The molecule has 1 aliphatic rings. The van der Waals surface area contributed by atoms with Gasteiger partial charge in [0.25, 0.3) is 0 Å². The Hall–Kier alpha value is -1.44. The highest BCUT2D eigenvalue weighted by molar-refractivity contribution is 7.91.